The van der Waals surface area contributed by atoms with Gasteiger partial charge in [-0.05, 0) is 44.1 Å². The summed E-state index contributed by atoms with van der Waals surface area (Å²) in [5.74, 6) is 1.38. The number of carbonyl (C=O) groups is 1. The van der Waals surface area contributed by atoms with Crippen molar-refractivity contribution in [3.8, 4) is 6.07 Å². The minimum atomic E-state index is -0.244. The third-order valence-corrected chi connectivity index (χ3v) is 5.25. The molecule has 7 nitrogen and oxygen atoms in total. The highest BCUT2D eigenvalue weighted by Gasteiger charge is 2.30. The Balaban J connectivity index is 1.38. The molecule has 3 atom stereocenters. The van der Waals surface area contributed by atoms with Gasteiger partial charge in [-0.25, -0.2) is 4.85 Å². The van der Waals surface area contributed by atoms with Crippen molar-refractivity contribution >= 4 is 17.4 Å². The first-order valence-electron chi connectivity index (χ1n) is 9.19. The molecule has 26 heavy (non-hydrogen) atoms. The maximum Gasteiger partial charge on any atom is 0.237 e. The van der Waals surface area contributed by atoms with Crippen LogP contribution in [0.3, 0.4) is 0 Å². The molecule has 1 saturated carbocycles. The Morgan fingerprint density at radius 2 is 2.31 bits per heavy atom. The number of likely N-dealkylation sites (tertiary alicyclic amines) is 1. The summed E-state index contributed by atoms with van der Waals surface area (Å²) in [5.41, 5.74) is 0.544. The van der Waals surface area contributed by atoms with Crippen LogP contribution in [0.2, 0.25) is 0 Å². The van der Waals surface area contributed by atoms with Crippen molar-refractivity contribution in [2.75, 3.05) is 25.0 Å². The first-order chi connectivity index (χ1) is 12.7. The second kappa shape index (κ2) is 8.64. The van der Waals surface area contributed by atoms with Crippen LogP contribution in [0.15, 0.2) is 18.3 Å². The number of nitriles is 1. The molecule has 1 aliphatic heterocycles. The summed E-state index contributed by atoms with van der Waals surface area (Å²) in [7, 11) is 0. The third kappa shape index (κ3) is 4.50. The molecule has 2 N–H and O–H groups in total. The van der Waals surface area contributed by atoms with E-state index in [2.05, 4.69) is 26.5 Å². The fraction of sp³-hybridized carbons (Fsp3) is 0.579. The molecule has 1 aliphatic carbocycles. The smallest absolute Gasteiger partial charge is 0.237 e. The molecular weight excluding hydrogens is 328 g/mol. The van der Waals surface area contributed by atoms with Crippen molar-refractivity contribution in [3.05, 3.63) is 29.7 Å². The Hall–Kier alpha value is -2.64. The van der Waals surface area contributed by atoms with E-state index in [4.69, 9.17) is 11.8 Å². The van der Waals surface area contributed by atoms with E-state index >= 15 is 0 Å². The molecule has 0 aromatic carbocycles. The van der Waals surface area contributed by atoms with E-state index in [9.17, 15) is 4.79 Å². The predicted molar refractivity (Wildman–Crippen MR) is 98.5 cm³/mol. The Labute approximate surface area is 154 Å². The van der Waals surface area contributed by atoms with Crippen molar-refractivity contribution in [1.29, 1.82) is 5.26 Å². The van der Waals surface area contributed by atoms with Crippen LogP contribution in [0.5, 0.6) is 0 Å². The van der Waals surface area contributed by atoms with Crippen LogP contribution in [-0.2, 0) is 4.79 Å². The van der Waals surface area contributed by atoms with Crippen molar-refractivity contribution in [2.24, 2.45) is 5.92 Å². The molecule has 1 amide bonds. The van der Waals surface area contributed by atoms with Gasteiger partial charge < -0.3 is 15.5 Å². The van der Waals surface area contributed by atoms with E-state index in [1.165, 1.54) is 0 Å². The zero-order valence-corrected chi connectivity index (χ0v) is 14.8. The maximum absolute atomic E-state index is 12.3. The lowest BCUT2D eigenvalue weighted by molar-refractivity contribution is -0.130. The van der Waals surface area contributed by atoms with Gasteiger partial charge in [0.2, 0.25) is 11.6 Å². The van der Waals surface area contributed by atoms with E-state index in [1.807, 2.05) is 6.07 Å². The average molecular weight is 352 g/mol. The molecule has 136 valence electrons. The van der Waals surface area contributed by atoms with Gasteiger partial charge in [-0.2, -0.15) is 5.26 Å². The summed E-state index contributed by atoms with van der Waals surface area (Å²) in [5, 5.41) is 15.8. The Bertz CT molecular complexity index is 704. The molecule has 3 rings (SSSR count). The number of rotatable bonds is 6. The lowest BCUT2D eigenvalue weighted by Gasteiger charge is -2.21. The fourth-order valence-electron chi connectivity index (χ4n) is 3.78. The first kappa shape index (κ1) is 18.2. The fourth-order valence-corrected chi connectivity index (χ4v) is 3.78. The molecule has 2 fully saturated rings. The van der Waals surface area contributed by atoms with Crippen LogP contribution in [0.25, 0.3) is 4.85 Å². The minimum absolute atomic E-state index is 0.0414. The van der Waals surface area contributed by atoms with Crippen molar-refractivity contribution in [2.45, 2.75) is 44.2 Å². The predicted octanol–water partition coefficient (Wildman–Crippen LogP) is 2.32. The van der Waals surface area contributed by atoms with Crippen LogP contribution < -0.4 is 10.6 Å². The minimum Gasteiger partial charge on any atom is -0.370 e. The molecule has 0 bridgehead atoms. The molecule has 7 heteroatoms. The van der Waals surface area contributed by atoms with E-state index < -0.39 is 0 Å². The van der Waals surface area contributed by atoms with Gasteiger partial charge in [-0.3, -0.25) is 9.78 Å². The van der Waals surface area contributed by atoms with Crippen LogP contribution in [0.4, 0.5) is 11.5 Å². The van der Waals surface area contributed by atoms with E-state index in [0.29, 0.717) is 30.7 Å². The van der Waals surface area contributed by atoms with Gasteiger partial charge in [0.05, 0.1) is 19.2 Å². The van der Waals surface area contributed by atoms with Crippen molar-refractivity contribution in [1.82, 2.24) is 15.2 Å². The molecule has 0 spiro atoms. The van der Waals surface area contributed by atoms with Gasteiger partial charge in [0.25, 0.3) is 0 Å². The Morgan fingerprint density at radius 3 is 3.04 bits per heavy atom. The van der Waals surface area contributed by atoms with Crippen LogP contribution in [-0.4, -0.2) is 47.5 Å². The van der Waals surface area contributed by atoms with Gasteiger partial charge in [0.1, 0.15) is 11.9 Å². The number of pyridine rings is 1. The normalized spacial score (nSPS) is 24.8. The molecular formula is C19H24N6O. The second-order valence-electron chi connectivity index (χ2n) is 7.03. The zero-order chi connectivity index (χ0) is 18.4. The van der Waals surface area contributed by atoms with Crippen molar-refractivity contribution in [3.63, 3.8) is 0 Å². The largest absolute Gasteiger partial charge is 0.370 e. The Morgan fingerprint density at radius 1 is 1.42 bits per heavy atom. The molecule has 2 unspecified atom stereocenters. The highest BCUT2D eigenvalue weighted by Crippen LogP contribution is 2.26. The number of nitrogens with zero attached hydrogens (tertiary/aromatic N) is 4. The quantitative estimate of drug-likeness (QED) is 0.768. The summed E-state index contributed by atoms with van der Waals surface area (Å²) in [4.78, 5) is 21.6. The number of carbonyl (C=O) groups excluding carboxylic acids is 1. The van der Waals surface area contributed by atoms with E-state index in [0.717, 1.165) is 44.5 Å². The molecule has 1 saturated heterocycles. The second-order valence-corrected chi connectivity index (χ2v) is 7.03. The number of nitrogens with one attached hydrogen (secondary N) is 2. The molecule has 0 radical (unpaired) electrons. The number of anilines is 1. The molecule has 2 heterocycles. The lowest BCUT2D eigenvalue weighted by Crippen LogP contribution is -2.43. The summed E-state index contributed by atoms with van der Waals surface area (Å²) >= 11 is 0. The first-order valence-corrected chi connectivity index (χ1v) is 9.19. The SMILES string of the molecule is [C-]#[N+]c1ccc(NCC2CCC(NCC(=O)N3CCC[C@H]3C#N)C2)nc1. The standard InChI is InChI=1S/C19H24N6O/c1-21-16-6-7-18(24-12-16)23-11-14-4-5-15(9-14)22-13-19(26)25-8-2-3-17(25)10-20/h6-7,12,14-15,17,22H,2-5,8-9,11,13H2,(H,23,24)/t14?,15?,17-/m0/s1. The molecule has 1 aromatic heterocycles. The van der Waals surface area contributed by atoms with Crippen LogP contribution >= 0.6 is 0 Å². The summed E-state index contributed by atoms with van der Waals surface area (Å²) in [6, 6.07) is 5.92. The topological polar surface area (TPSA) is 85.4 Å². The number of amides is 1. The maximum atomic E-state index is 12.3. The molecule has 1 aromatic rings. The zero-order valence-electron chi connectivity index (χ0n) is 14.8. The lowest BCUT2D eigenvalue weighted by atomic mass is 10.1. The average Bonchev–Trinajstić information content (AvgIpc) is 3.34. The highest BCUT2D eigenvalue weighted by atomic mass is 16.2. The monoisotopic (exact) mass is 352 g/mol. The van der Waals surface area contributed by atoms with E-state index in [-0.39, 0.29) is 11.9 Å². The van der Waals surface area contributed by atoms with Gasteiger partial charge in [-0.1, -0.05) is 6.07 Å². The van der Waals surface area contributed by atoms with Gasteiger partial charge >= 0.3 is 0 Å². The number of hydrogen-bond acceptors (Lipinski definition) is 5. The van der Waals surface area contributed by atoms with Crippen molar-refractivity contribution < 1.29 is 4.79 Å². The molecule has 2 aliphatic rings. The third-order valence-electron chi connectivity index (χ3n) is 5.25. The summed E-state index contributed by atoms with van der Waals surface area (Å²) < 4.78 is 0. The van der Waals surface area contributed by atoms with Gasteiger partial charge in [0.15, 0.2) is 0 Å². The Kier molecular flexibility index (Phi) is 6.04. The van der Waals surface area contributed by atoms with Crippen LogP contribution in [0.1, 0.15) is 32.1 Å². The van der Waals surface area contributed by atoms with Gasteiger partial charge in [0, 0.05) is 25.3 Å². The number of aromatic nitrogens is 1. The summed E-state index contributed by atoms with van der Waals surface area (Å²) in [6.45, 7) is 8.81. The highest BCUT2D eigenvalue weighted by molar-refractivity contribution is 5.79. The summed E-state index contributed by atoms with van der Waals surface area (Å²) in [6.07, 6.45) is 6.50. The number of hydrogen-bond donors (Lipinski definition) is 2. The van der Waals surface area contributed by atoms with Gasteiger partial charge in [-0.15, -0.1) is 0 Å². The van der Waals surface area contributed by atoms with Crippen LogP contribution in [0, 0.1) is 23.8 Å². The van der Waals surface area contributed by atoms with E-state index in [1.54, 1.807) is 17.2 Å².